The molecule has 0 unspecified atom stereocenters. The molecule has 8 heteroatoms. The molecule has 0 saturated carbocycles. The predicted octanol–water partition coefficient (Wildman–Crippen LogP) is 1.94. The summed E-state index contributed by atoms with van der Waals surface area (Å²) in [7, 11) is -3.56. The van der Waals surface area contributed by atoms with Gasteiger partial charge in [0.05, 0.1) is 18.1 Å². The molecule has 1 aromatic carbocycles. The van der Waals surface area contributed by atoms with Crippen molar-refractivity contribution in [3.8, 4) is 0 Å². The first-order valence-electron chi connectivity index (χ1n) is 8.78. The fourth-order valence-electron chi connectivity index (χ4n) is 2.87. The number of ether oxygens (including phenoxy) is 1. The highest BCUT2D eigenvalue weighted by atomic mass is 32.2. The molecule has 0 N–H and O–H groups in total. The Labute approximate surface area is 153 Å². The maximum Gasteiger partial charge on any atom is 0.243 e. The number of hydrogen-bond acceptors (Lipinski definition) is 5. The molecule has 2 aromatic rings. The third-order valence-electron chi connectivity index (χ3n) is 4.40. The highest BCUT2D eigenvalue weighted by Gasteiger charge is 2.26. The molecule has 2 heterocycles. The standard InChI is InChI=1S/C18H23N3O4S/c1-2-3-9-20-10-8-19-18(20)17(22)15-4-6-16(7-5-15)26(23,24)21-11-13-25-14-12-21/h4-8,10H,2-3,9,11-14H2,1H3. The van der Waals surface area contributed by atoms with Gasteiger partial charge >= 0.3 is 0 Å². The third-order valence-corrected chi connectivity index (χ3v) is 6.31. The van der Waals surface area contributed by atoms with Gasteiger partial charge in [-0.2, -0.15) is 4.31 Å². The summed E-state index contributed by atoms with van der Waals surface area (Å²) < 4.78 is 33.7. The Morgan fingerprint density at radius 1 is 1.19 bits per heavy atom. The lowest BCUT2D eigenvalue weighted by atomic mass is 10.1. The molecule has 1 aromatic heterocycles. The second-order valence-corrected chi connectivity index (χ2v) is 8.11. The zero-order valence-electron chi connectivity index (χ0n) is 14.8. The van der Waals surface area contributed by atoms with E-state index in [4.69, 9.17) is 4.74 Å². The topological polar surface area (TPSA) is 81.5 Å². The van der Waals surface area contributed by atoms with E-state index < -0.39 is 10.0 Å². The number of aromatic nitrogens is 2. The number of ketones is 1. The lowest BCUT2D eigenvalue weighted by Crippen LogP contribution is -2.40. The minimum Gasteiger partial charge on any atom is -0.379 e. The number of sulfonamides is 1. The van der Waals surface area contributed by atoms with Crippen LogP contribution in [0.1, 0.15) is 35.9 Å². The predicted molar refractivity (Wildman–Crippen MR) is 96.6 cm³/mol. The van der Waals surface area contributed by atoms with Crippen LogP contribution in [0.4, 0.5) is 0 Å². The van der Waals surface area contributed by atoms with E-state index in [1.165, 1.54) is 16.4 Å². The molecule has 0 aliphatic carbocycles. The van der Waals surface area contributed by atoms with Crippen molar-refractivity contribution in [2.75, 3.05) is 26.3 Å². The normalized spacial score (nSPS) is 15.9. The number of carbonyl (C=O) groups is 1. The van der Waals surface area contributed by atoms with Gasteiger partial charge in [-0.05, 0) is 30.7 Å². The van der Waals surface area contributed by atoms with Crippen LogP contribution in [0.2, 0.25) is 0 Å². The van der Waals surface area contributed by atoms with Gasteiger partial charge in [-0.3, -0.25) is 4.79 Å². The van der Waals surface area contributed by atoms with E-state index in [2.05, 4.69) is 11.9 Å². The van der Waals surface area contributed by atoms with Gasteiger partial charge < -0.3 is 9.30 Å². The van der Waals surface area contributed by atoms with Gasteiger partial charge in [-0.15, -0.1) is 0 Å². The highest BCUT2D eigenvalue weighted by Crippen LogP contribution is 2.19. The van der Waals surface area contributed by atoms with Crippen molar-refractivity contribution >= 4 is 15.8 Å². The molecule has 1 fully saturated rings. The van der Waals surface area contributed by atoms with E-state index in [0.29, 0.717) is 37.7 Å². The van der Waals surface area contributed by atoms with E-state index >= 15 is 0 Å². The number of nitrogens with zero attached hydrogens (tertiary/aromatic N) is 3. The van der Waals surface area contributed by atoms with E-state index in [1.807, 2.05) is 4.57 Å². The van der Waals surface area contributed by atoms with E-state index in [-0.39, 0.29) is 10.7 Å². The van der Waals surface area contributed by atoms with Gasteiger partial charge in [0.1, 0.15) is 0 Å². The summed E-state index contributed by atoms with van der Waals surface area (Å²) >= 11 is 0. The SMILES string of the molecule is CCCCn1ccnc1C(=O)c1ccc(S(=O)(=O)N2CCOCC2)cc1. The van der Waals surface area contributed by atoms with Gasteiger partial charge in [-0.1, -0.05) is 13.3 Å². The van der Waals surface area contributed by atoms with Crippen molar-refractivity contribution in [3.05, 3.63) is 48.0 Å². The van der Waals surface area contributed by atoms with E-state index in [1.54, 1.807) is 24.5 Å². The highest BCUT2D eigenvalue weighted by molar-refractivity contribution is 7.89. The Kier molecular flexibility index (Phi) is 5.85. The van der Waals surface area contributed by atoms with Crippen LogP contribution in [0, 0.1) is 0 Å². The van der Waals surface area contributed by atoms with Crippen LogP contribution in [0.15, 0.2) is 41.6 Å². The largest absolute Gasteiger partial charge is 0.379 e. The number of carbonyl (C=O) groups excluding carboxylic acids is 1. The van der Waals surface area contributed by atoms with Crippen LogP contribution in [0.5, 0.6) is 0 Å². The van der Waals surface area contributed by atoms with Crippen molar-refractivity contribution in [1.29, 1.82) is 0 Å². The third kappa shape index (κ3) is 3.87. The zero-order valence-corrected chi connectivity index (χ0v) is 15.6. The first-order chi connectivity index (χ1) is 12.5. The van der Waals surface area contributed by atoms with Crippen molar-refractivity contribution < 1.29 is 17.9 Å². The van der Waals surface area contributed by atoms with Crippen molar-refractivity contribution in [2.45, 2.75) is 31.2 Å². The summed E-state index contributed by atoms with van der Waals surface area (Å²) in [6, 6.07) is 6.07. The minimum atomic E-state index is -3.56. The van der Waals surface area contributed by atoms with Gasteiger partial charge in [-0.25, -0.2) is 13.4 Å². The molecule has 1 aliphatic rings. The molecule has 1 aliphatic heterocycles. The van der Waals surface area contributed by atoms with Gasteiger partial charge in [0.15, 0.2) is 5.82 Å². The number of rotatable bonds is 7. The fourth-order valence-corrected chi connectivity index (χ4v) is 4.28. The molecular formula is C18H23N3O4S. The molecule has 26 heavy (non-hydrogen) atoms. The molecule has 7 nitrogen and oxygen atoms in total. The average Bonchev–Trinajstić information content (AvgIpc) is 3.15. The first-order valence-corrected chi connectivity index (χ1v) is 10.2. The van der Waals surface area contributed by atoms with Crippen molar-refractivity contribution in [2.24, 2.45) is 0 Å². The van der Waals surface area contributed by atoms with Gasteiger partial charge in [0, 0.05) is 37.6 Å². The Bertz CT molecular complexity index is 853. The minimum absolute atomic E-state index is 0.185. The van der Waals surface area contributed by atoms with E-state index in [0.717, 1.165) is 19.4 Å². The van der Waals surface area contributed by atoms with Crippen LogP contribution < -0.4 is 0 Å². The number of imidazole rings is 1. The summed E-state index contributed by atoms with van der Waals surface area (Å²) in [4.78, 5) is 17.0. The lowest BCUT2D eigenvalue weighted by Gasteiger charge is -2.26. The Balaban J connectivity index is 1.79. The number of benzene rings is 1. The Morgan fingerprint density at radius 2 is 1.88 bits per heavy atom. The molecule has 0 bridgehead atoms. The van der Waals surface area contributed by atoms with Crippen LogP contribution in [-0.2, 0) is 21.3 Å². The average molecular weight is 377 g/mol. The fraction of sp³-hybridized carbons (Fsp3) is 0.444. The lowest BCUT2D eigenvalue weighted by molar-refractivity contribution is 0.0730. The quantitative estimate of drug-likeness (QED) is 0.689. The second kappa shape index (κ2) is 8.11. The summed E-state index contributed by atoms with van der Waals surface area (Å²) in [5.41, 5.74) is 0.426. The van der Waals surface area contributed by atoms with Gasteiger partial charge in [0.2, 0.25) is 15.8 Å². The molecule has 0 radical (unpaired) electrons. The molecule has 0 spiro atoms. The van der Waals surface area contributed by atoms with Crippen molar-refractivity contribution in [1.82, 2.24) is 13.9 Å². The number of hydrogen-bond donors (Lipinski definition) is 0. The summed E-state index contributed by atoms with van der Waals surface area (Å²) in [6.45, 7) is 4.31. The summed E-state index contributed by atoms with van der Waals surface area (Å²) in [5, 5.41) is 0. The van der Waals surface area contributed by atoms with Crippen LogP contribution in [0.25, 0.3) is 0 Å². The van der Waals surface area contributed by atoms with Crippen LogP contribution in [0.3, 0.4) is 0 Å². The molecule has 0 amide bonds. The Morgan fingerprint density at radius 3 is 2.54 bits per heavy atom. The van der Waals surface area contributed by atoms with Crippen LogP contribution >= 0.6 is 0 Å². The zero-order chi connectivity index (χ0) is 18.6. The molecule has 3 rings (SSSR count). The molecule has 140 valence electrons. The van der Waals surface area contributed by atoms with Crippen molar-refractivity contribution in [3.63, 3.8) is 0 Å². The maximum absolute atomic E-state index is 12.7. The number of morpholine rings is 1. The van der Waals surface area contributed by atoms with Crippen LogP contribution in [-0.4, -0.2) is 54.4 Å². The second-order valence-electron chi connectivity index (χ2n) is 6.17. The Hall–Kier alpha value is -2.03. The van der Waals surface area contributed by atoms with E-state index in [9.17, 15) is 13.2 Å². The number of unbranched alkanes of at least 4 members (excludes halogenated alkanes) is 1. The maximum atomic E-state index is 12.7. The molecule has 1 saturated heterocycles. The summed E-state index contributed by atoms with van der Waals surface area (Å²) in [5.74, 6) is 0.170. The van der Waals surface area contributed by atoms with Gasteiger partial charge in [0.25, 0.3) is 0 Å². The monoisotopic (exact) mass is 377 g/mol. The summed E-state index contributed by atoms with van der Waals surface area (Å²) in [6.07, 6.45) is 5.40. The molecular weight excluding hydrogens is 354 g/mol. The smallest absolute Gasteiger partial charge is 0.243 e. The number of aryl methyl sites for hydroxylation is 1. The first kappa shape index (κ1) is 18.8. The molecule has 0 atom stereocenters.